The first-order valence-electron chi connectivity index (χ1n) is 9.10. The Morgan fingerprint density at radius 3 is 2.83 bits per heavy atom. The lowest BCUT2D eigenvalue weighted by molar-refractivity contribution is -0.119. The first-order chi connectivity index (χ1) is 14.0. The molecule has 0 bridgehead atoms. The Morgan fingerprint density at radius 2 is 2.14 bits per heavy atom. The van der Waals surface area contributed by atoms with Crippen LogP contribution < -0.4 is 25.8 Å². The molecule has 154 valence electrons. The van der Waals surface area contributed by atoms with E-state index in [4.69, 9.17) is 26.8 Å². The van der Waals surface area contributed by atoms with Crippen molar-refractivity contribution in [2.45, 2.75) is 13.1 Å². The van der Waals surface area contributed by atoms with Gasteiger partial charge in [-0.05, 0) is 29.3 Å². The summed E-state index contributed by atoms with van der Waals surface area (Å²) in [6.07, 6.45) is 0. The number of nitrogens with zero attached hydrogens (tertiary/aromatic N) is 1. The van der Waals surface area contributed by atoms with Crippen molar-refractivity contribution in [1.29, 1.82) is 0 Å². The van der Waals surface area contributed by atoms with Crippen LogP contribution in [0.4, 0.5) is 10.5 Å². The van der Waals surface area contributed by atoms with Gasteiger partial charge in [-0.25, -0.2) is 4.79 Å². The van der Waals surface area contributed by atoms with Crippen LogP contribution >= 0.6 is 11.6 Å². The molecule has 2 aromatic carbocycles. The lowest BCUT2D eigenvalue weighted by atomic mass is 10.1. The van der Waals surface area contributed by atoms with Crippen molar-refractivity contribution in [3.05, 3.63) is 52.5 Å². The normalized spacial score (nSPS) is 13.2. The van der Waals surface area contributed by atoms with Gasteiger partial charge in [0.25, 0.3) is 5.91 Å². The van der Waals surface area contributed by atoms with Crippen LogP contribution in [-0.2, 0) is 17.9 Å². The molecule has 0 atom stereocenters. The molecule has 1 heterocycles. The lowest BCUT2D eigenvalue weighted by Crippen LogP contribution is -2.27. The molecule has 1 fully saturated rings. The Balaban J connectivity index is 1.72. The zero-order chi connectivity index (χ0) is 20.8. The van der Waals surface area contributed by atoms with Crippen molar-refractivity contribution >= 4 is 29.2 Å². The number of hydrogen-bond acceptors (Lipinski definition) is 5. The first kappa shape index (κ1) is 20.6. The number of hydrogen-bond donors (Lipinski definition) is 3. The lowest BCUT2D eigenvalue weighted by Gasteiger charge is -2.18. The highest BCUT2D eigenvalue weighted by Gasteiger charge is 2.20. The smallest absolute Gasteiger partial charge is 0.317 e. The van der Waals surface area contributed by atoms with E-state index in [1.807, 2.05) is 24.3 Å². The molecule has 8 nitrogen and oxygen atoms in total. The summed E-state index contributed by atoms with van der Waals surface area (Å²) in [7, 11) is 1.50. The van der Waals surface area contributed by atoms with Crippen LogP contribution in [0.15, 0.2) is 36.4 Å². The average molecular weight is 419 g/mol. The van der Waals surface area contributed by atoms with Gasteiger partial charge in [0.1, 0.15) is 0 Å². The molecule has 0 spiro atoms. The number of nitrogens with one attached hydrogen (secondary N) is 2. The van der Waals surface area contributed by atoms with Gasteiger partial charge in [0.2, 0.25) is 0 Å². The predicted molar refractivity (Wildman–Crippen MR) is 110 cm³/mol. The van der Waals surface area contributed by atoms with Gasteiger partial charge in [0.15, 0.2) is 18.1 Å². The molecule has 0 aromatic heterocycles. The van der Waals surface area contributed by atoms with E-state index in [-0.39, 0.29) is 18.4 Å². The molecule has 3 amide bonds. The molecule has 2 aromatic rings. The van der Waals surface area contributed by atoms with Crippen LogP contribution in [0.1, 0.15) is 11.1 Å². The van der Waals surface area contributed by atoms with E-state index < -0.39 is 5.91 Å². The van der Waals surface area contributed by atoms with E-state index in [9.17, 15) is 9.59 Å². The SMILES string of the molecule is COc1cc(CNc2ccccc2CN2CCNC2=O)cc(Cl)c1OCC(N)=O. The number of methoxy groups -OCH3 is 1. The fraction of sp³-hybridized carbons (Fsp3) is 0.300. The van der Waals surface area contributed by atoms with Crippen molar-refractivity contribution in [2.75, 3.05) is 32.1 Å². The fourth-order valence-electron chi connectivity index (χ4n) is 3.05. The molecule has 1 saturated heterocycles. The predicted octanol–water partition coefficient (Wildman–Crippen LogP) is 2.35. The van der Waals surface area contributed by atoms with Crippen molar-refractivity contribution in [2.24, 2.45) is 5.73 Å². The molecule has 29 heavy (non-hydrogen) atoms. The number of amides is 3. The minimum Gasteiger partial charge on any atom is -0.493 e. The second-order valence-electron chi connectivity index (χ2n) is 6.53. The van der Waals surface area contributed by atoms with Gasteiger partial charge in [-0.15, -0.1) is 0 Å². The fourth-order valence-corrected chi connectivity index (χ4v) is 3.34. The van der Waals surface area contributed by atoms with E-state index in [0.717, 1.165) is 16.8 Å². The van der Waals surface area contributed by atoms with Crippen molar-refractivity contribution < 1.29 is 19.1 Å². The van der Waals surface area contributed by atoms with Crippen LogP contribution in [0.25, 0.3) is 0 Å². The van der Waals surface area contributed by atoms with E-state index in [1.165, 1.54) is 7.11 Å². The third-order valence-electron chi connectivity index (χ3n) is 4.45. The molecule has 0 saturated carbocycles. The van der Waals surface area contributed by atoms with E-state index in [2.05, 4.69) is 10.6 Å². The van der Waals surface area contributed by atoms with Gasteiger partial charge in [-0.2, -0.15) is 0 Å². The zero-order valence-electron chi connectivity index (χ0n) is 16.0. The number of ether oxygens (including phenoxy) is 2. The van der Waals surface area contributed by atoms with Crippen LogP contribution in [-0.4, -0.2) is 43.6 Å². The molecular formula is C20H23ClN4O4. The monoisotopic (exact) mass is 418 g/mol. The number of benzene rings is 2. The van der Waals surface area contributed by atoms with Crippen LogP contribution in [0.3, 0.4) is 0 Å². The van der Waals surface area contributed by atoms with Crippen molar-refractivity contribution in [3.63, 3.8) is 0 Å². The summed E-state index contributed by atoms with van der Waals surface area (Å²) < 4.78 is 10.7. The number of halogens is 1. The van der Waals surface area contributed by atoms with E-state index in [0.29, 0.717) is 37.0 Å². The van der Waals surface area contributed by atoms with Gasteiger partial charge in [-0.3, -0.25) is 4.79 Å². The zero-order valence-corrected chi connectivity index (χ0v) is 16.8. The molecule has 0 unspecified atom stereocenters. The maximum absolute atomic E-state index is 11.8. The second-order valence-corrected chi connectivity index (χ2v) is 6.94. The van der Waals surface area contributed by atoms with Crippen LogP contribution in [0.2, 0.25) is 5.02 Å². The third kappa shape index (κ3) is 5.23. The topological polar surface area (TPSA) is 106 Å². The second kappa shape index (κ2) is 9.38. The molecule has 9 heteroatoms. The summed E-state index contributed by atoms with van der Waals surface area (Å²) in [5.41, 5.74) is 7.93. The van der Waals surface area contributed by atoms with Crippen molar-refractivity contribution in [1.82, 2.24) is 10.2 Å². The minimum atomic E-state index is -0.600. The van der Waals surface area contributed by atoms with Gasteiger partial charge in [-0.1, -0.05) is 29.8 Å². The van der Waals surface area contributed by atoms with Crippen LogP contribution in [0.5, 0.6) is 11.5 Å². The first-order valence-corrected chi connectivity index (χ1v) is 9.47. The number of nitrogens with two attached hydrogens (primary N) is 1. The molecule has 0 aliphatic carbocycles. The maximum atomic E-state index is 11.8. The third-order valence-corrected chi connectivity index (χ3v) is 4.74. The molecular weight excluding hydrogens is 396 g/mol. The number of urea groups is 1. The number of carbonyl (C=O) groups is 2. The molecule has 4 N–H and O–H groups in total. The highest BCUT2D eigenvalue weighted by molar-refractivity contribution is 6.32. The van der Waals surface area contributed by atoms with Gasteiger partial charge in [0, 0.05) is 31.9 Å². The van der Waals surface area contributed by atoms with Crippen molar-refractivity contribution in [3.8, 4) is 11.5 Å². The number of carbonyl (C=O) groups excluding carboxylic acids is 2. The summed E-state index contributed by atoms with van der Waals surface area (Å²) in [5, 5.41) is 6.51. The number of anilines is 1. The molecule has 1 aliphatic rings. The molecule has 3 rings (SSSR count). The number of rotatable bonds is 9. The summed E-state index contributed by atoms with van der Waals surface area (Å²) in [5.74, 6) is 0.0897. The summed E-state index contributed by atoms with van der Waals surface area (Å²) >= 11 is 6.30. The summed E-state index contributed by atoms with van der Waals surface area (Å²) in [6, 6.07) is 11.3. The quantitative estimate of drug-likeness (QED) is 0.579. The van der Waals surface area contributed by atoms with Gasteiger partial charge >= 0.3 is 6.03 Å². The summed E-state index contributed by atoms with van der Waals surface area (Å²) in [4.78, 5) is 24.6. The Hall–Kier alpha value is -3.13. The standard InChI is InChI=1S/C20H23ClN4O4/c1-28-17-9-13(8-15(21)19(17)29-12-18(22)26)10-24-16-5-3-2-4-14(16)11-25-7-6-23-20(25)27/h2-5,8-9,24H,6-7,10-12H2,1H3,(H2,22,26)(H,23,27). The van der Waals surface area contributed by atoms with E-state index in [1.54, 1.807) is 17.0 Å². The molecule has 1 aliphatic heterocycles. The van der Waals surface area contributed by atoms with Gasteiger partial charge in [0.05, 0.1) is 12.1 Å². The highest BCUT2D eigenvalue weighted by atomic mass is 35.5. The maximum Gasteiger partial charge on any atom is 0.317 e. The minimum absolute atomic E-state index is 0.0529. The summed E-state index contributed by atoms with van der Waals surface area (Å²) in [6.45, 7) is 2.07. The number of primary amides is 1. The Kier molecular flexibility index (Phi) is 6.66. The van der Waals surface area contributed by atoms with Gasteiger partial charge < -0.3 is 30.7 Å². The average Bonchev–Trinajstić information content (AvgIpc) is 3.10. The van der Waals surface area contributed by atoms with E-state index >= 15 is 0 Å². The highest BCUT2D eigenvalue weighted by Crippen LogP contribution is 2.36. The van der Waals surface area contributed by atoms with Crippen LogP contribution in [0, 0.1) is 0 Å². The largest absolute Gasteiger partial charge is 0.493 e. The number of para-hydroxylation sites is 1. The Labute approximate surface area is 173 Å². The Morgan fingerprint density at radius 1 is 1.34 bits per heavy atom. The Bertz CT molecular complexity index is 906. The molecule has 0 radical (unpaired) electrons.